The van der Waals surface area contributed by atoms with Crippen LogP contribution in [0.3, 0.4) is 0 Å². The first kappa shape index (κ1) is 17.2. The topological polar surface area (TPSA) is 49.4 Å². The summed E-state index contributed by atoms with van der Waals surface area (Å²) in [5.74, 6) is 2.00. The maximum absolute atomic E-state index is 11.7. The summed E-state index contributed by atoms with van der Waals surface area (Å²) in [4.78, 5) is 0. The van der Waals surface area contributed by atoms with E-state index in [2.05, 4.69) is 19.2 Å². The summed E-state index contributed by atoms with van der Waals surface area (Å²) in [6, 6.07) is 0.632. The minimum atomic E-state index is -3.02. The summed E-state index contributed by atoms with van der Waals surface area (Å²) in [5.41, 5.74) is 0. The molecular weight excluding hydrogens is 284 g/mol. The molecule has 2 aliphatic rings. The highest BCUT2D eigenvalue weighted by atomic mass is 32.2. The largest absolute Gasteiger partial charge is 0.313 e. The summed E-state index contributed by atoms with van der Waals surface area (Å²) in [6.45, 7) is 7.03. The van der Waals surface area contributed by atoms with Crippen molar-refractivity contribution in [1.29, 1.82) is 0 Å². The Hall–Kier alpha value is -0.130. The number of rotatable bonds is 5. The Kier molecular flexibility index (Phi) is 6.09. The number of sulfonamides is 1. The standard InChI is InChI=1S/C16H32N2O2S/c1-13(2)15-8-4-5-9-16(15)17-11-14-7-6-10-18(12-14)21(3,19)20/h13-17H,4-12H2,1-3H3. The molecule has 3 atom stereocenters. The molecule has 2 fully saturated rings. The van der Waals surface area contributed by atoms with Crippen LogP contribution in [0.15, 0.2) is 0 Å². The first-order chi connectivity index (χ1) is 9.88. The van der Waals surface area contributed by atoms with Gasteiger partial charge in [-0.15, -0.1) is 0 Å². The lowest BCUT2D eigenvalue weighted by Gasteiger charge is -2.37. The highest BCUT2D eigenvalue weighted by Crippen LogP contribution is 2.30. The van der Waals surface area contributed by atoms with Gasteiger partial charge in [0.15, 0.2) is 0 Å². The van der Waals surface area contributed by atoms with Crippen molar-refractivity contribution in [2.75, 3.05) is 25.9 Å². The van der Waals surface area contributed by atoms with E-state index in [-0.39, 0.29) is 0 Å². The van der Waals surface area contributed by atoms with Crippen molar-refractivity contribution < 1.29 is 8.42 Å². The van der Waals surface area contributed by atoms with Gasteiger partial charge in [-0.1, -0.05) is 26.7 Å². The van der Waals surface area contributed by atoms with Crippen LogP contribution in [0.4, 0.5) is 0 Å². The third-order valence-electron chi connectivity index (χ3n) is 5.30. The Morgan fingerprint density at radius 3 is 2.52 bits per heavy atom. The first-order valence-corrected chi connectivity index (χ1v) is 10.4. The quantitative estimate of drug-likeness (QED) is 0.847. The molecule has 4 nitrogen and oxygen atoms in total. The minimum absolute atomic E-state index is 0.475. The molecule has 0 spiro atoms. The van der Waals surface area contributed by atoms with Crippen molar-refractivity contribution in [1.82, 2.24) is 9.62 Å². The zero-order valence-electron chi connectivity index (χ0n) is 13.8. The monoisotopic (exact) mass is 316 g/mol. The average molecular weight is 317 g/mol. The summed E-state index contributed by atoms with van der Waals surface area (Å²) >= 11 is 0. The van der Waals surface area contributed by atoms with Gasteiger partial charge in [-0.05, 0) is 50.0 Å². The maximum atomic E-state index is 11.7. The van der Waals surface area contributed by atoms with Gasteiger partial charge in [0.1, 0.15) is 0 Å². The van der Waals surface area contributed by atoms with Crippen LogP contribution in [-0.2, 0) is 10.0 Å². The van der Waals surface area contributed by atoms with Crippen LogP contribution >= 0.6 is 0 Å². The predicted octanol–water partition coefficient (Wildman–Crippen LogP) is 2.46. The van der Waals surface area contributed by atoms with E-state index in [0.29, 0.717) is 25.0 Å². The highest BCUT2D eigenvalue weighted by Gasteiger charge is 2.30. The Morgan fingerprint density at radius 1 is 1.14 bits per heavy atom. The smallest absolute Gasteiger partial charge is 0.211 e. The van der Waals surface area contributed by atoms with Gasteiger partial charge in [0.2, 0.25) is 10.0 Å². The number of nitrogens with zero attached hydrogens (tertiary/aromatic N) is 1. The number of piperidine rings is 1. The minimum Gasteiger partial charge on any atom is -0.313 e. The maximum Gasteiger partial charge on any atom is 0.211 e. The molecule has 1 heterocycles. The van der Waals surface area contributed by atoms with E-state index in [4.69, 9.17) is 0 Å². The predicted molar refractivity (Wildman–Crippen MR) is 87.7 cm³/mol. The summed E-state index contributed by atoms with van der Waals surface area (Å²) in [6.07, 6.45) is 8.81. The Labute approximate surface area is 130 Å². The Morgan fingerprint density at radius 2 is 1.86 bits per heavy atom. The van der Waals surface area contributed by atoms with Crippen molar-refractivity contribution >= 4 is 10.0 Å². The van der Waals surface area contributed by atoms with Gasteiger partial charge >= 0.3 is 0 Å². The molecule has 1 saturated carbocycles. The average Bonchev–Trinajstić information content (AvgIpc) is 2.45. The third kappa shape index (κ3) is 4.93. The lowest BCUT2D eigenvalue weighted by atomic mass is 9.77. The second-order valence-electron chi connectivity index (χ2n) is 7.34. The van der Waals surface area contributed by atoms with Gasteiger partial charge in [0.05, 0.1) is 6.26 Å². The van der Waals surface area contributed by atoms with Crippen LogP contribution in [0.5, 0.6) is 0 Å². The molecule has 0 aromatic carbocycles. The molecule has 1 aliphatic carbocycles. The second kappa shape index (κ2) is 7.42. The fourth-order valence-corrected chi connectivity index (χ4v) is 4.97. The molecule has 124 valence electrons. The molecular formula is C16H32N2O2S. The molecule has 21 heavy (non-hydrogen) atoms. The van der Waals surface area contributed by atoms with Crippen LogP contribution in [0.25, 0.3) is 0 Å². The second-order valence-corrected chi connectivity index (χ2v) is 9.32. The van der Waals surface area contributed by atoms with E-state index >= 15 is 0 Å². The van der Waals surface area contributed by atoms with E-state index in [9.17, 15) is 8.42 Å². The number of hydrogen-bond acceptors (Lipinski definition) is 3. The van der Waals surface area contributed by atoms with E-state index in [1.807, 2.05) is 0 Å². The molecule has 0 aromatic rings. The third-order valence-corrected chi connectivity index (χ3v) is 6.56. The van der Waals surface area contributed by atoms with Crippen molar-refractivity contribution in [2.45, 2.75) is 58.4 Å². The van der Waals surface area contributed by atoms with Crippen LogP contribution < -0.4 is 5.32 Å². The molecule has 0 aromatic heterocycles. The molecule has 0 radical (unpaired) electrons. The normalized spacial score (nSPS) is 32.5. The zero-order valence-corrected chi connectivity index (χ0v) is 14.7. The first-order valence-electron chi connectivity index (χ1n) is 8.56. The molecule has 0 amide bonds. The number of hydrogen-bond donors (Lipinski definition) is 1. The molecule has 5 heteroatoms. The van der Waals surface area contributed by atoms with Gasteiger partial charge in [-0.25, -0.2) is 12.7 Å². The summed E-state index contributed by atoms with van der Waals surface area (Å²) < 4.78 is 25.0. The van der Waals surface area contributed by atoms with Crippen LogP contribution in [0, 0.1) is 17.8 Å². The molecule has 1 aliphatic heterocycles. The fourth-order valence-electron chi connectivity index (χ4n) is 4.02. The van der Waals surface area contributed by atoms with E-state index in [1.54, 1.807) is 4.31 Å². The summed E-state index contributed by atoms with van der Waals surface area (Å²) in [5, 5.41) is 3.77. The van der Waals surface area contributed by atoms with E-state index in [1.165, 1.54) is 31.9 Å². The van der Waals surface area contributed by atoms with E-state index < -0.39 is 10.0 Å². The lowest BCUT2D eigenvalue weighted by molar-refractivity contribution is 0.186. The van der Waals surface area contributed by atoms with E-state index in [0.717, 1.165) is 31.2 Å². The summed E-state index contributed by atoms with van der Waals surface area (Å²) in [7, 11) is -3.02. The van der Waals surface area contributed by atoms with Crippen molar-refractivity contribution in [3.63, 3.8) is 0 Å². The van der Waals surface area contributed by atoms with Gasteiger partial charge in [-0.3, -0.25) is 0 Å². The fraction of sp³-hybridized carbons (Fsp3) is 1.00. The Balaban J connectivity index is 1.84. The lowest BCUT2D eigenvalue weighted by Crippen LogP contribution is -2.47. The zero-order chi connectivity index (χ0) is 15.5. The molecule has 2 rings (SSSR count). The van der Waals surface area contributed by atoms with Crippen LogP contribution in [0.2, 0.25) is 0 Å². The Bertz CT molecular complexity index is 422. The van der Waals surface area contributed by atoms with Gasteiger partial charge in [-0.2, -0.15) is 0 Å². The van der Waals surface area contributed by atoms with Gasteiger partial charge in [0, 0.05) is 19.1 Å². The van der Waals surface area contributed by atoms with Gasteiger partial charge in [0.25, 0.3) is 0 Å². The van der Waals surface area contributed by atoms with Gasteiger partial charge < -0.3 is 5.32 Å². The van der Waals surface area contributed by atoms with Crippen LogP contribution in [0.1, 0.15) is 52.4 Å². The van der Waals surface area contributed by atoms with Crippen molar-refractivity contribution in [3.8, 4) is 0 Å². The van der Waals surface area contributed by atoms with Crippen molar-refractivity contribution in [2.24, 2.45) is 17.8 Å². The van der Waals surface area contributed by atoms with Crippen LogP contribution in [-0.4, -0.2) is 44.7 Å². The highest BCUT2D eigenvalue weighted by molar-refractivity contribution is 7.88. The number of nitrogens with one attached hydrogen (secondary N) is 1. The van der Waals surface area contributed by atoms with Crippen molar-refractivity contribution in [3.05, 3.63) is 0 Å². The SMILES string of the molecule is CC(C)C1CCCCC1NCC1CCCN(S(C)(=O)=O)C1. The molecule has 0 bridgehead atoms. The molecule has 3 unspecified atom stereocenters. The molecule has 1 N–H and O–H groups in total. The molecule has 1 saturated heterocycles.